The second-order valence-corrected chi connectivity index (χ2v) is 2.83. The van der Waals surface area contributed by atoms with Gasteiger partial charge in [-0.05, 0) is 12.8 Å². The van der Waals surface area contributed by atoms with Crippen molar-refractivity contribution >= 4 is 0 Å². The molecule has 11 heavy (non-hydrogen) atoms. The van der Waals surface area contributed by atoms with Crippen LogP contribution in [0.3, 0.4) is 0 Å². The lowest BCUT2D eigenvalue weighted by molar-refractivity contribution is 0.226. The van der Waals surface area contributed by atoms with Gasteiger partial charge in [0, 0.05) is 6.20 Å². The van der Waals surface area contributed by atoms with E-state index in [1.165, 1.54) is 0 Å². The van der Waals surface area contributed by atoms with Crippen molar-refractivity contribution in [2.75, 3.05) is 0 Å². The Bertz CT molecular complexity index is 265. The molecule has 0 atom stereocenters. The second-order valence-electron chi connectivity index (χ2n) is 2.83. The van der Waals surface area contributed by atoms with Gasteiger partial charge in [0.15, 0.2) is 0 Å². The Morgan fingerprint density at radius 2 is 2.36 bits per heavy atom. The molecular weight excluding hydrogens is 140 g/mol. The number of rotatable bonds is 1. The quantitative estimate of drug-likeness (QED) is 0.590. The van der Waals surface area contributed by atoms with Crippen LogP contribution < -0.4 is 0 Å². The fourth-order valence-electron chi connectivity index (χ4n) is 1.32. The van der Waals surface area contributed by atoms with E-state index in [0.717, 1.165) is 12.8 Å². The summed E-state index contributed by atoms with van der Waals surface area (Å²) in [5, 5.41) is 16.1. The van der Waals surface area contributed by atoms with Gasteiger partial charge in [-0.25, -0.2) is 4.68 Å². The Balaban J connectivity index is 1.99. The minimum atomic E-state index is 0.240. The lowest BCUT2D eigenvalue weighted by Gasteiger charge is -2.29. The number of hydrogen-bond donors (Lipinski definition) is 0. The van der Waals surface area contributed by atoms with Gasteiger partial charge in [0.05, 0.1) is 24.2 Å². The predicted octanol–water partition coefficient (Wildman–Crippen LogP) is 0.753. The normalized spacial score (nSPS) is 29.0. The van der Waals surface area contributed by atoms with Crippen molar-refractivity contribution in [1.82, 2.24) is 15.0 Å². The lowest BCUT2D eigenvalue weighted by Crippen LogP contribution is -2.26. The Kier molecular flexibility index (Phi) is 1.35. The zero-order valence-electron chi connectivity index (χ0n) is 6.01. The Hall–Kier alpha value is -1.37. The van der Waals surface area contributed by atoms with Gasteiger partial charge in [-0.2, -0.15) is 5.26 Å². The van der Waals surface area contributed by atoms with E-state index in [1.807, 2.05) is 10.9 Å². The zero-order chi connectivity index (χ0) is 7.68. The van der Waals surface area contributed by atoms with Crippen molar-refractivity contribution in [3.63, 3.8) is 0 Å². The maximum atomic E-state index is 8.51. The van der Waals surface area contributed by atoms with Gasteiger partial charge in [0.1, 0.15) is 0 Å². The molecule has 1 aliphatic carbocycles. The van der Waals surface area contributed by atoms with Crippen LogP contribution in [0.5, 0.6) is 0 Å². The largest absolute Gasteiger partial charge is 0.249 e. The molecule has 1 fully saturated rings. The summed E-state index contributed by atoms with van der Waals surface area (Å²) in [6.45, 7) is 0. The summed E-state index contributed by atoms with van der Waals surface area (Å²) in [4.78, 5) is 0. The molecule has 1 saturated carbocycles. The molecule has 0 radical (unpaired) electrons. The summed E-state index contributed by atoms with van der Waals surface area (Å²) in [6.07, 6.45) is 5.37. The molecule has 56 valence electrons. The van der Waals surface area contributed by atoms with Gasteiger partial charge in [0.25, 0.3) is 0 Å². The molecule has 1 heterocycles. The molecule has 0 aromatic carbocycles. The maximum Gasteiger partial charge on any atom is 0.0693 e. The highest BCUT2D eigenvalue weighted by atomic mass is 15.4. The SMILES string of the molecule is N#C[C@H]1C[C@H](n2ccnn2)C1. The van der Waals surface area contributed by atoms with Crippen molar-refractivity contribution in [3.05, 3.63) is 12.4 Å². The smallest absolute Gasteiger partial charge is 0.0693 e. The van der Waals surface area contributed by atoms with Crippen LogP contribution in [0.1, 0.15) is 18.9 Å². The molecule has 0 spiro atoms. The van der Waals surface area contributed by atoms with E-state index in [9.17, 15) is 0 Å². The molecule has 4 heteroatoms. The first-order valence-electron chi connectivity index (χ1n) is 3.65. The standard InChI is InChI=1S/C7H8N4/c8-5-6-3-7(4-6)11-2-1-9-10-11/h1-2,6-7H,3-4H2/t6-,7-. The first-order chi connectivity index (χ1) is 5.40. The Morgan fingerprint density at radius 1 is 1.55 bits per heavy atom. The fraction of sp³-hybridized carbons (Fsp3) is 0.571. The number of nitriles is 1. The van der Waals surface area contributed by atoms with E-state index in [-0.39, 0.29) is 5.92 Å². The van der Waals surface area contributed by atoms with E-state index in [2.05, 4.69) is 16.4 Å². The molecule has 0 aliphatic heterocycles. The van der Waals surface area contributed by atoms with Crippen LogP contribution in [0.2, 0.25) is 0 Å². The molecule has 0 saturated heterocycles. The minimum Gasteiger partial charge on any atom is -0.249 e. The molecule has 1 aliphatic rings. The molecule has 2 rings (SSSR count). The van der Waals surface area contributed by atoms with Crippen LogP contribution in [0.4, 0.5) is 0 Å². The predicted molar refractivity (Wildman–Crippen MR) is 37.4 cm³/mol. The summed E-state index contributed by atoms with van der Waals surface area (Å²) in [5.41, 5.74) is 0. The average molecular weight is 148 g/mol. The summed E-state index contributed by atoms with van der Waals surface area (Å²) in [5.74, 6) is 0.240. The molecular formula is C7H8N4. The highest BCUT2D eigenvalue weighted by molar-refractivity contribution is 4.96. The second kappa shape index (κ2) is 2.35. The number of aromatic nitrogens is 3. The average Bonchev–Trinajstić information content (AvgIpc) is 2.37. The third-order valence-corrected chi connectivity index (χ3v) is 2.11. The van der Waals surface area contributed by atoms with E-state index >= 15 is 0 Å². The van der Waals surface area contributed by atoms with Crippen LogP contribution in [0, 0.1) is 17.2 Å². The fourth-order valence-corrected chi connectivity index (χ4v) is 1.32. The molecule has 4 nitrogen and oxygen atoms in total. The van der Waals surface area contributed by atoms with Crippen molar-refractivity contribution in [2.45, 2.75) is 18.9 Å². The van der Waals surface area contributed by atoms with Crippen molar-refractivity contribution in [2.24, 2.45) is 5.92 Å². The number of hydrogen-bond acceptors (Lipinski definition) is 3. The van der Waals surface area contributed by atoms with Crippen molar-refractivity contribution < 1.29 is 0 Å². The highest BCUT2D eigenvalue weighted by Gasteiger charge is 2.30. The highest BCUT2D eigenvalue weighted by Crippen LogP contribution is 2.36. The van der Waals surface area contributed by atoms with Crippen molar-refractivity contribution in [1.29, 1.82) is 5.26 Å². The Labute approximate surface area is 64.4 Å². The summed E-state index contributed by atoms with van der Waals surface area (Å²) in [6, 6.07) is 2.65. The third kappa shape index (κ3) is 0.984. The van der Waals surface area contributed by atoms with Gasteiger partial charge in [-0.1, -0.05) is 5.21 Å². The molecule has 0 amide bonds. The first kappa shape index (κ1) is 6.35. The first-order valence-corrected chi connectivity index (χ1v) is 3.65. The van der Waals surface area contributed by atoms with Crippen LogP contribution in [-0.2, 0) is 0 Å². The monoisotopic (exact) mass is 148 g/mol. The molecule has 1 aromatic rings. The maximum absolute atomic E-state index is 8.51. The minimum absolute atomic E-state index is 0.240. The van der Waals surface area contributed by atoms with E-state index in [1.54, 1.807) is 6.20 Å². The molecule has 1 aromatic heterocycles. The number of nitrogens with zero attached hydrogens (tertiary/aromatic N) is 4. The lowest BCUT2D eigenvalue weighted by atomic mass is 9.81. The van der Waals surface area contributed by atoms with E-state index < -0.39 is 0 Å². The van der Waals surface area contributed by atoms with Gasteiger partial charge in [-0.15, -0.1) is 5.10 Å². The van der Waals surface area contributed by atoms with Crippen LogP contribution in [0.15, 0.2) is 12.4 Å². The summed E-state index contributed by atoms with van der Waals surface area (Å²) in [7, 11) is 0. The molecule has 0 N–H and O–H groups in total. The van der Waals surface area contributed by atoms with Gasteiger partial charge in [0.2, 0.25) is 0 Å². The zero-order valence-corrected chi connectivity index (χ0v) is 6.01. The van der Waals surface area contributed by atoms with E-state index in [4.69, 9.17) is 5.26 Å². The van der Waals surface area contributed by atoms with Crippen LogP contribution in [-0.4, -0.2) is 15.0 Å². The van der Waals surface area contributed by atoms with Gasteiger partial charge in [-0.3, -0.25) is 0 Å². The summed E-state index contributed by atoms with van der Waals surface area (Å²) >= 11 is 0. The summed E-state index contributed by atoms with van der Waals surface area (Å²) < 4.78 is 1.83. The molecule has 0 unspecified atom stereocenters. The van der Waals surface area contributed by atoms with Gasteiger partial charge >= 0.3 is 0 Å². The van der Waals surface area contributed by atoms with Crippen LogP contribution >= 0.6 is 0 Å². The topological polar surface area (TPSA) is 54.5 Å². The van der Waals surface area contributed by atoms with Crippen molar-refractivity contribution in [3.8, 4) is 6.07 Å². The van der Waals surface area contributed by atoms with E-state index in [0.29, 0.717) is 6.04 Å². The Morgan fingerprint density at radius 3 is 2.91 bits per heavy atom. The third-order valence-electron chi connectivity index (χ3n) is 2.11. The van der Waals surface area contributed by atoms with Crippen LogP contribution in [0.25, 0.3) is 0 Å². The van der Waals surface area contributed by atoms with Gasteiger partial charge < -0.3 is 0 Å². The molecule has 0 bridgehead atoms.